The van der Waals surface area contributed by atoms with Gasteiger partial charge in [0.1, 0.15) is 5.75 Å². The minimum atomic E-state index is 0.0213. The highest BCUT2D eigenvalue weighted by molar-refractivity contribution is 6.30. The van der Waals surface area contributed by atoms with E-state index in [9.17, 15) is 4.79 Å². The van der Waals surface area contributed by atoms with Gasteiger partial charge in [0.25, 0.3) is 0 Å². The Morgan fingerprint density at radius 1 is 1.37 bits per heavy atom. The number of ether oxygens (including phenoxy) is 1. The van der Waals surface area contributed by atoms with Crippen LogP contribution in [0.1, 0.15) is 19.4 Å². The van der Waals surface area contributed by atoms with Crippen molar-refractivity contribution in [3.05, 3.63) is 28.8 Å². The quantitative estimate of drug-likeness (QED) is 0.755. The van der Waals surface area contributed by atoms with Crippen molar-refractivity contribution in [2.24, 2.45) is 5.92 Å². The van der Waals surface area contributed by atoms with E-state index in [2.05, 4.69) is 10.6 Å². The summed E-state index contributed by atoms with van der Waals surface area (Å²) in [6.07, 6.45) is 0. The van der Waals surface area contributed by atoms with Gasteiger partial charge < -0.3 is 15.4 Å². The van der Waals surface area contributed by atoms with Gasteiger partial charge in [-0.15, -0.1) is 0 Å². The van der Waals surface area contributed by atoms with E-state index in [0.29, 0.717) is 24.7 Å². The van der Waals surface area contributed by atoms with Crippen LogP contribution in [0.2, 0.25) is 5.02 Å². The third kappa shape index (κ3) is 5.49. The number of amides is 1. The van der Waals surface area contributed by atoms with Gasteiger partial charge in [-0.2, -0.15) is 0 Å². The van der Waals surface area contributed by atoms with Gasteiger partial charge in [-0.1, -0.05) is 25.4 Å². The molecule has 0 fully saturated rings. The van der Waals surface area contributed by atoms with Gasteiger partial charge >= 0.3 is 0 Å². The number of rotatable bonds is 7. The van der Waals surface area contributed by atoms with Crippen molar-refractivity contribution in [3.63, 3.8) is 0 Å². The molecule has 19 heavy (non-hydrogen) atoms. The average molecular weight is 285 g/mol. The maximum atomic E-state index is 11.3. The van der Waals surface area contributed by atoms with Crippen LogP contribution in [-0.4, -0.2) is 26.1 Å². The van der Waals surface area contributed by atoms with Gasteiger partial charge in [-0.05, 0) is 18.2 Å². The van der Waals surface area contributed by atoms with Gasteiger partial charge in [0, 0.05) is 36.1 Å². The first-order valence-corrected chi connectivity index (χ1v) is 6.73. The summed E-state index contributed by atoms with van der Waals surface area (Å²) < 4.78 is 5.26. The molecule has 106 valence electrons. The second-order valence-electron chi connectivity index (χ2n) is 4.58. The summed E-state index contributed by atoms with van der Waals surface area (Å²) in [7, 11) is 1.63. The van der Waals surface area contributed by atoms with Crippen molar-refractivity contribution < 1.29 is 9.53 Å². The molecule has 0 saturated carbocycles. The Balaban J connectivity index is 2.33. The lowest BCUT2D eigenvalue weighted by molar-refractivity contribution is -0.123. The van der Waals surface area contributed by atoms with Gasteiger partial charge in [-0.3, -0.25) is 4.79 Å². The van der Waals surface area contributed by atoms with Crippen LogP contribution in [0.5, 0.6) is 5.75 Å². The van der Waals surface area contributed by atoms with E-state index < -0.39 is 0 Å². The van der Waals surface area contributed by atoms with Gasteiger partial charge in [0.2, 0.25) is 5.91 Å². The van der Waals surface area contributed by atoms with E-state index in [0.717, 1.165) is 11.3 Å². The molecule has 1 amide bonds. The third-order valence-electron chi connectivity index (χ3n) is 2.68. The lowest BCUT2D eigenvalue weighted by Gasteiger charge is -2.11. The number of benzene rings is 1. The van der Waals surface area contributed by atoms with Crippen molar-refractivity contribution >= 4 is 17.5 Å². The predicted molar refractivity (Wildman–Crippen MR) is 77.6 cm³/mol. The van der Waals surface area contributed by atoms with E-state index >= 15 is 0 Å². The smallest absolute Gasteiger partial charge is 0.222 e. The van der Waals surface area contributed by atoms with E-state index in [4.69, 9.17) is 16.3 Å². The van der Waals surface area contributed by atoms with Gasteiger partial charge in [0.15, 0.2) is 0 Å². The Bertz CT molecular complexity index is 422. The third-order valence-corrected chi connectivity index (χ3v) is 2.92. The number of hydrogen-bond acceptors (Lipinski definition) is 3. The van der Waals surface area contributed by atoms with Crippen LogP contribution >= 0.6 is 11.6 Å². The van der Waals surface area contributed by atoms with Crippen LogP contribution in [0.4, 0.5) is 0 Å². The number of nitrogens with one attached hydrogen (secondary N) is 2. The van der Waals surface area contributed by atoms with Crippen LogP contribution < -0.4 is 15.4 Å². The second-order valence-corrected chi connectivity index (χ2v) is 5.02. The molecule has 0 aromatic heterocycles. The maximum absolute atomic E-state index is 11.3. The number of carbonyl (C=O) groups excluding carboxylic acids is 1. The van der Waals surface area contributed by atoms with Crippen LogP contribution in [0.3, 0.4) is 0 Å². The lowest BCUT2D eigenvalue weighted by atomic mass is 10.2. The van der Waals surface area contributed by atoms with Crippen LogP contribution in [0.15, 0.2) is 18.2 Å². The summed E-state index contributed by atoms with van der Waals surface area (Å²) in [4.78, 5) is 11.3. The Kier molecular flexibility index (Phi) is 6.67. The van der Waals surface area contributed by atoms with Gasteiger partial charge in [0.05, 0.1) is 7.11 Å². The Morgan fingerprint density at radius 3 is 2.74 bits per heavy atom. The number of halogens is 1. The van der Waals surface area contributed by atoms with Crippen LogP contribution in [0.25, 0.3) is 0 Å². The first-order valence-electron chi connectivity index (χ1n) is 6.35. The molecule has 0 atom stereocenters. The fourth-order valence-electron chi connectivity index (χ4n) is 1.59. The molecule has 0 heterocycles. The minimum Gasteiger partial charge on any atom is -0.496 e. The Labute approximate surface area is 119 Å². The Hall–Kier alpha value is -1.26. The molecule has 0 aliphatic rings. The summed E-state index contributed by atoms with van der Waals surface area (Å²) >= 11 is 5.95. The molecule has 0 unspecified atom stereocenters. The fraction of sp³-hybridized carbons (Fsp3) is 0.500. The monoisotopic (exact) mass is 284 g/mol. The summed E-state index contributed by atoms with van der Waals surface area (Å²) in [5.41, 5.74) is 1.00. The number of hydrogen-bond donors (Lipinski definition) is 2. The molecular weight excluding hydrogens is 264 g/mol. The summed E-state index contributed by atoms with van der Waals surface area (Å²) in [5.74, 6) is 0.901. The van der Waals surface area contributed by atoms with Crippen molar-refractivity contribution in [1.82, 2.24) is 10.6 Å². The molecule has 0 radical (unpaired) electrons. The molecule has 0 bridgehead atoms. The zero-order chi connectivity index (χ0) is 14.3. The van der Waals surface area contributed by atoms with Crippen molar-refractivity contribution in [3.8, 4) is 5.75 Å². The SMILES string of the molecule is COc1ccc(Cl)cc1CNCCNC(=O)C(C)C. The zero-order valence-electron chi connectivity index (χ0n) is 11.6. The zero-order valence-corrected chi connectivity index (χ0v) is 12.4. The highest BCUT2D eigenvalue weighted by atomic mass is 35.5. The minimum absolute atomic E-state index is 0.0213. The molecule has 5 heteroatoms. The normalized spacial score (nSPS) is 10.6. The lowest BCUT2D eigenvalue weighted by Crippen LogP contribution is -2.34. The molecule has 1 rings (SSSR count). The number of methoxy groups -OCH3 is 1. The molecule has 2 N–H and O–H groups in total. The van der Waals surface area contributed by atoms with E-state index in [1.54, 1.807) is 13.2 Å². The second kappa shape index (κ2) is 8.02. The van der Waals surface area contributed by atoms with Gasteiger partial charge in [-0.25, -0.2) is 0 Å². The highest BCUT2D eigenvalue weighted by Crippen LogP contribution is 2.22. The number of carbonyl (C=O) groups is 1. The van der Waals surface area contributed by atoms with Crippen molar-refractivity contribution in [1.29, 1.82) is 0 Å². The predicted octanol–water partition coefficient (Wildman–Crippen LogP) is 2.21. The first-order chi connectivity index (χ1) is 9.04. The molecule has 1 aromatic rings. The largest absolute Gasteiger partial charge is 0.496 e. The highest BCUT2D eigenvalue weighted by Gasteiger charge is 2.05. The van der Waals surface area contributed by atoms with E-state index in [1.165, 1.54) is 0 Å². The van der Waals surface area contributed by atoms with E-state index in [1.807, 2.05) is 26.0 Å². The standard InChI is InChI=1S/C14H21ClN2O2/c1-10(2)14(18)17-7-6-16-9-11-8-12(15)4-5-13(11)19-3/h4-5,8,10,16H,6-7,9H2,1-3H3,(H,17,18). The van der Waals surface area contributed by atoms with Crippen molar-refractivity contribution in [2.75, 3.05) is 20.2 Å². The van der Waals surface area contributed by atoms with Crippen molar-refractivity contribution in [2.45, 2.75) is 20.4 Å². The molecule has 0 saturated heterocycles. The molecule has 0 aliphatic carbocycles. The van der Waals surface area contributed by atoms with Crippen LogP contribution in [-0.2, 0) is 11.3 Å². The first kappa shape index (κ1) is 15.8. The summed E-state index contributed by atoms with van der Waals surface area (Å²) in [5, 5.41) is 6.78. The molecule has 4 nitrogen and oxygen atoms in total. The van der Waals surface area contributed by atoms with Crippen LogP contribution in [0, 0.1) is 5.92 Å². The summed E-state index contributed by atoms with van der Waals surface area (Å²) in [6, 6.07) is 5.52. The molecule has 0 aliphatic heterocycles. The van der Waals surface area contributed by atoms with E-state index in [-0.39, 0.29) is 11.8 Å². The molecular formula is C14H21ClN2O2. The fourth-order valence-corrected chi connectivity index (χ4v) is 1.78. The average Bonchev–Trinajstić information content (AvgIpc) is 2.38. The molecule has 1 aromatic carbocycles. The summed E-state index contributed by atoms with van der Waals surface area (Å²) in [6.45, 7) is 5.72. The Morgan fingerprint density at radius 2 is 2.11 bits per heavy atom. The topological polar surface area (TPSA) is 50.4 Å². The molecule has 0 spiro atoms. The maximum Gasteiger partial charge on any atom is 0.222 e.